The predicted octanol–water partition coefficient (Wildman–Crippen LogP) is 7.04. The number of thiocarbonyl (C=S) groups is 1. The van der Waals surface area contributed by atoms with Crippen LogP contribution in [0.2, 0.25) is 5.02 Å². The van der Waals surface area contributed by atoms with Crippen LogP contribution in [-0.4, -0.2) is 19.8 Å². The van der Waals surface area contributed by atoms with Crippen molar-refractivity contribution in [2.75, 3.05) is 4.90 Å². The number of phenols is 1. The average Bonchev–Trinajstić information content (AvgIpc) is 3.35. The summed E-state index contributed by atoms with van der Waals surface area (Å²) in [6.45, 7) is 3.55. The van der Waals surface area contributed by atoms with E-state index in [0.29, 0.717) is 32.9 Å². The van der Waals surface area contributed by atoms with Crippen molar-refractivity contribution >= 4 is 34.6 Å². The zero-order valence-corrected chi connectivity index (χ0v) is 21.4. The largest absolute Gasteiger partial charge is 0.506 e. The van der Waals surface area contributed by atoms with Crippen LogP contribution >= 0.6 is 23.8 Å². The Balaban J connectivity index is 1.73. The van der Waals surface area contributed by atoms with E-state index in [0.717, 1.165) is 11.6 Å². The molecule has 3 heterocycles. The molecule has 1 saturated heterocycles. The monoisotopic (exact) mass is 542 g/mol. The Morgan fingerprint density at radius 3 is 2.43 bits per heavy atom. The van der Waals surface area contributed by atoms with Gasteiger partial charge in [0.2, 0.25) is 0 Å². The second-order valence-corrected chi connectivity index (χ2v) is 9.63. The van der Waals surface area contributed by atoms with Crippen molar-refractivity contribution in [2.24, 2.45) is 0 Å². The molecule has 0 saturated carbocycles. The van der Waals surface area contributed by atoms with Gasteiger partial charge in [-0.3, -0.25) is 4.98 Å². The van der Waals surface area contributed by atoms with Crippen molar-refractivity contribution in [1.29, 1.82) is 0 Å². The highest BCUT2D eigenvalue weighted by Crippen LogP contribution is 2.47. The van der Waals surface area contributed by atoms with Crippen LogP contribution in [0.1, 0.15) is 40.3 Å². The summed E-state index contributed by atoms with van der Waals surface area (Å²) in [6.07, 6.45) is -2.86. The fourth-order valence-electron chi connectivity index (χ4n) is 4.99. The molecule has 2 atom stereocenters. The Hall–Kier alpha value is -3.56. The zero-order valence-electron chi connectivity index (χ0n) is 19.8. The van der Waals surface area contributed by atoms with Crippen LogP contribution in [0, 0.1) is 13.8 Å². The van der Waals surface area contributed by atoms with E-state index in [9.17, 15) is 18.3 Å². The molecule has 2 aromatic carbocycles. The van der Waals surface area contributed by atoms with E-state index in [2.05, 4.69) is 10.3 Å². The summed E-state index contributed by atoms with van der Waals surface area (Å²) in [6, 6.07) is 16.5. The van der Waals surface area contributed by atoms with Crippen LogP contribution in [0.3, 0.4) is 0 Å². The number of phenolic OH excluding ortho intramolecular Hbond substituents is 1. The quantitative estimate of drug-likeness (QED) is 0.271. The molecule has 1 fully saturated rings. The minimum absolute atomic E-state index is 0.0311. The minimum Gasteiger partial charge on any atom is -0.506 e. The van der Waals surface area contributed by atoms with Crippen molar-refractivity contribution in [2.45, 2.75) is 32.1 Å². The third kappa shape index (κ3) is 4.42. The number of halogens is 4. The number of nitrogens with zero attached hydrogens (tertiary/aromatic N) is 3. The van der Waals surface area contributed by atoms with Gasteiger partial charge in [-0.1, -0.05) is 29.8 Å². The molecule has 5 nitrogen and oxygen atoms in total. The van der Waals surface area contributed by atoms with Gasteiger partial charge in [-0.25, -0.2) is 0 Å². The number of alkyl halides is 3. The molecule has 37 heavy (non-hydrogen) atoms. The maximum Gasteiger partial charge on any atom is 0.418 e. The molecule has 1 aliphatic rings. The number of rotatable bonds is 4. The number of aromatic nitrogens is 2. The van der Waals surface area contributed by atoms with Gasteiger partial charge < -0.3 is 19.9 Å². The smallest absolute Gasteiger partial charge is 0.418 e. The molecule has 10 heteroatoms. The number of aryl methyl sites for hydroxylation is 1. The molecule has 0 aliphatic carbocycles. The highest BCUT2D eigenvalue weighted by molar-refractivity contribution is 7.80. The van der Waals surface area contributed by atoms with E-state index in [-0.39, 0.29) is 11.4 Å². The molecule has 0 spiro atoms. The third-order valence-electron chi connectivity index (χ3n) is 6.53. The first kappa shape index (κ1) is 25.1. The zero-order chi connectivity index (χ0) is 26.5. The molecule has 190 valence electrons. The van der Waals surface area contributed by atoms with Crippen molar-refractivity contribution in [1.82, 2.24) is 14.9 Å². The van der Waals surface area contributed by atoms with Crippen molar-refractivity contribution < 1.29 is 18.3 Å². The number of hydrogen-bond donors (Lipinski definition) is 2. The lowest BCUT2D eigenvalue weighted by molar-refractivity contribution is -0.137. The van der Waals surface area contributed by atoms with Crippen LogP contribution in [0.5, 0.6) is 5.75 Å². The third-order valence-corrected chi connectivity index (χ3v) is 7.08. The van der Waals surface area contributed by atoms with Gasteiger partial charge in [-0.2, -0.15) is 13.2 Å². The van der Waals surface area contributed by atoms with E-state index >= 15 is 0 Å². The van der Waals surface area contributed by atoms with E-state index in [1.54, 1.807) is 53.8 Å². The summed E-state index contributed by atoms with van der Waals surface area (Å²) in [5, 5.41) is 14.8. The Bertz CT molecular complexity index is 1490. The Morgan fingerprint density at radius 2 is 1.73 bits per heavy atom. The molecular formula is C27H22ClF3N4OS. The van der Waals surface area contributed by atoms with E-state index < -0.39 is 23.8 Å². The molecule has 5 rings (SSSR count). The number of para-hydroxylation sites is 1. The number of anilines is 1. The average molecular weight is 543 g/mol. The van der Waals surface area contributed by atoms with Gasteiger partial charge in [-0.15, -0.1) is 0 Å². The Morgan fingerprint density at radius 1 is 1.00 bits per heavy atom. The molecule has 0 bridgehead atoms. The summed E-state index contributed by atoms with van der Waals surface area (Å²) in [4.78, 5) is 6.26. The van der Waals surface area contributed by atoms with Crippen molar-refractivity contribution in [3.63, 3.8) is 0 Å². The van der Waals surface area contributed by atoms with E-state index in [4.69, 9.17) is 23.8 Å². The Labute approximate surface area is 222 Å². The number of benzene rings is 2. The highest BCUT2D eigenvalue weighted by Gasteiger charge is 2.43. The second kappa shape index (κ2) is 9.39. The van der Waals surface area contributed by atoms with Gasteiger partial charge in [0.1, 0.15) is 5.75 Å². The molecule has 0 amide bonds. The lowest BCUT2D eigenvalue weighted by Gasteiger charge is -2.29. The maximum absolute atomic E-state index is 13.9. The fourth-order valence-corrected chi connectivity index (χ4v) is 5.49. The van der Waals surface area contributed by atoms with Gasteiger partial charge in [0, 0.05) is 22.6 Å². The molecule has 1 aliphatic heterocycles. The van der Waals surface area contributed by atoms with E-state index in [1.165, 1.54) is 18.2 Å². The van der Waals surface area contributed by atoms with Crippen LogP contribution in [-0.2, 0) is 6.18 Å². The standard InChI is InChI=1S/C27H22ClF3N4OS/c1-15-13-18(16(2)34(15)21-9-4-3-7-19(21)27(29,30)31)25-24(20-8-5-6-12-32-20)33-26(37)35(25)22-14-17(28)10-11-23(22)36/h3-14,24-25,36H,1-2H3,(H,33,37)/t24-,25-/m1/s1. The second-order valence-electron chi connectivity index (χ2n) is 8.81. The number of aromatic hydroxyl groups is 1. The van der Waals surface area contributed by atoms with Gasteiger partial charge in [0.25, 0.3) is 0 Å². The molecule has 2 aromatic heterocycles. The first-order chi connectivity index (χ1) is 17.6. The predicted molar refractivity (Wildman–Crippen MR) is 141 cm³/mol. The SMILES string of the molecule is Cc1cc([C@@H]2[C@@H](c3ccccn3)NC(=S)N2c2cc(Cl)ccc2O)c(C)n1-c1ccccc1C(F)(F)F. The van der Waals surface area contributed by atoms with Crippen LogP contribution < -0.4 is 10.2 Å². The van der Waals surface area contributed by atoms with Gasteiger partial charge in [0.05, 0.1) is 34.7 Å². The number of pyridine rings is 1. The molecular weight excluding hydrogens is 521 g/mol. The van der Waals surface area contributed by atoms with Gasteiger partial charge in [0.15, 0.2) is 5.11 Å². The van der Waals surface area contributed by atoms with Crippen molar-refractivity contribution in [3.05, 3.63) is 106 Å². The molecule has 2 N–H and O–H groups in total. The highest BCUT2D eigenvalue weighted by atomic mass is 35.5. The topological polar surface area (TPSA) is 53.3 Å². The lowest BCUT2D eigenvalue weighted by atomic mass is 9.96. The summed E-state index contributed by atoms with van der Waals surface area (Å²) >= 11 is 12.0. The first-order valence-electron chi connectivity index (χ1n) is 11.4. The number of hydrogen-bond acceptors (Lipinski definition) is 3. The first-order valence-corrected chi connectivity index (χ1v) is 12.2. The maximum atomic E-state index is 13.9. The Kier molecular flexibility index (Phi) is 6.37. The summed E-state index contributed by atoms with van der Waals surface area (Å²) in [7, 11) is 0. The van der Waals surface area contributed by atoms with Crippen LogP contribution in [0.4, 0.5) is 18.9 Å². The van der Waals surface area contributed by atoms with Gasteiger partial charge >= 0.3 is 6.18 Å². The van der Waals surface area contributed by atoms with E-state index in [1.807, 2.05) is 18.2 Å². The van der Waals surface area contributed by atoms with Crippen LogP contribution in [0.15, 0.2) is 72.9 Å². The molecule has 0 radical (unpaired) electrons. The minimum atomic E-state index is -4.52. The summed E-state index contributed by atoms with van der Waals surface area (Å²) in [5.41, 5.74) is 2.35. The van der Waals surface area contributed by atoms with Gasteiger partial charge in [-0.05, 0) is 80.2 Å². The van der Waals surface area contributed by atoms with Crippen LogP contribution in [0.25, 0.3) is 5.69 Å². The van der Waals surface area contributed by atoms with Crippen molar-refractivity contribution in [3.8, 4) is 11.4 Å². The number of nitrogens with one attached hydrogen (secondary N) is 1. The normalized spacial score (nSPS) is 17.8. The fraction of sp³-hybridized carbons (Fsp3) is 0.185. The summed E-state index contributed by atoms with van der Waals surface area (Å²) in [5.74, 6) is -0.0311. The summed E-state index contributed by atoms with van der Waals surface area (Å²) < 4.78 is 43.3. The molecule has 0 unspecified atom stereocenters. The lowest BCUT2D eigenvalue weighted by Crippen LogP contribution is -2.29. The molecule has 4 aromatic rings.